The molecule has 1 N–H and O–H groups in total. The van der Waals surface area contributed by atoms with Gasteiger partial charge in [-0.15, -0.1) is 0 Å². The lowest BCUT2D eigenvalue weighted by molar-refractivity contribution is 0.330. The maximum atomic E-state index is 3.62. The van der Waals surface area contributed by atoms with Gasteiger partial charge in [-0.25, -0.2) is 0 Å². The van der Waals surface area contributed by atoms with Gasteiger partial charge in [0.1, 0.15) is 0 Å². The lowest BCUT2D eigenvalue weighted by atomic mass is 10.2. The maximum Gasteiger partial charge on any atom is 0.0478 e. The number of benzene rings is 1. The van der Waals surface area contributed by atoms with Crippen LogP contribution in [-0.4, -0.2) is 30.6 Å². The summed E-state index contributed by atoms with van der Waals surface area (Å²) >= 11 is 2.38. The van der Waals surface area contributed by atoms with Crippen molar-refractivity contribution in [2.75, 3.05) is 18.9 Å². The molecular formula is C12H17IN2. The molecule has 15 heavy (non-hydrogen) atoms. The lowest BCUT2D eigenvalue weighted by Crippen LogP contribution is -2.25. The van der Waals surface area contributed by atoms with E-state index in [4.69, 9.17) is 0 Å². The predicted molar refractivity (Wildman–Crippen MR) is 73.3 cm³/mol. The summed E-state index contributed by atoms with van der Waals surface area (Å²) in [6, 6.07) is 9.77. The molecule has 1 heterocycles. The molecule has 0 bridgehead atoms. The van der Waals surface area contributed by atoms with E-state index in [1.54, 1.807) is 0 Å². The van der Waals surface area contributed by atoms with Crippen LogP contribution in [0.1, 0.15) is 13.3 Å². The summed E-state index contributed by atoms with van der Waals surface area (Å²) in [5, 5.41) is 3.62. The minimum absolute atomic E-state index is 0.598. The van der Waals surface area contributed by atoms with Crippen molar-refractivity contribution in [3.05, 3.63) is 27.8 Å². The number of nitrogens with one attached hydrogen (secondary N) is 1. The van der Waals surface area contributed by atoms with Gasteiger partial charge in [0.15, 0.2) is 0 Å². The van der Waals surface area contributed by atoms with E-state index in [9.17, 15) is 0 Å². The quantitative estimate of drug-likeness (QED) is 0.844. The van der Waals surface area contributed by atoms with Gasteiger partial charge in [-0.3, -0.25) is 0 Å². The summed E-state index contributed by atoms with van der Waals surface area (Å²) in [6.45, 7) is 3.43. The van der Waals surface area contributed by atoms with Crippen LogP contribution in [0.15, 0.2) is 24.3 Å². The molecule has 0 saturated carbocycles. The number of hydrogen-bond acceptors (Lipinski definition) is 2. The van der Waals surface area contributed by atoms with Gasteiger partial charge in [0.2, 0.25) is 0 Å². The standard InChI is InChI=1S/C12H17IN2/c1-9-7-10(8-15(9)2)14-12-6-4-3-5-11(12)13/h3-6,9-10,14H,7-8H2,1-2H3. The van der Waals surface area contributed by atoms with Crippen molar-refractivity contribution in [3.63, 3.8) is 0 Å². The Kier molecular flexibility index (Phi) is 3.51. The summed E-state index contributed by atoms with van der Waals surface area (Å²) in [4.78, 5) is 2.41. The molecule has 1 saturated heterocycles. The summed E-state index contributed by atoms with van der Waals surface area (Å²) in [5.74, 6) is 0. The molecular weight excluding hydrogens is 299 g/mol. The van der Waals surface area contributed by atoms with Gasteiger partial charge in [-0.1, -0.05) is 12.1 Å². The average Bonchev–Trinajstić information content (AvgIpc) is 2.50. The van der Waals surface area contributed by atoms with E-state index in [1.165, 1.54) is 15.7 Å². The van der Waals surface area contributed by atoms with Crippen molar-refractivity contribution >= 4 is 28.3 Å². The van der Waals surface area contributed by atoms with E-state index in [-0.39, 0.29) is 0 Å². The lowest BCUT2D eigenvalue weighted by Gasteiger charge is -2.15. The minimum atomic E-state index is 0.598. The smallest absolute Gasteiger partial charge is 0.0478 e. The Labute approximate surface area is 105 Å². The molecule has 0 aliphatic carbocycles. The van der Waals surface area contributed by atoms with E-state index in [0.29, 0.717) is 12.1 Å². The molecule has 0 radical (unpaired) electrons. The molecule has 82 valence electrons. The van der Waals surface area contributed by atoms with Gasteiger partial charge in [-0.2, -0.15) is 0 Å². The normalized spacial score (nSPS) is 26.9. The van der Waals surface area contributed by atoms with E-state index in [0.717, 1.165) is 6.54 Å². The summed E-state index contributed by atoms with van der Waals surface area (Å²) in [5.41, 5.74) is 1.27. The number of likely N-dealkylation sites (N-methyl/N-ethyl adjacent to an activating group) is 1. The molecule has 1 aromatic rings. The van der Waals surface area contributed by atoms with E-state index in [2.05, 4.69) is 71.0 Å². The number of likely N-dealkylation sites (tertiary alicyclic amines) is 1. The second kappa shape index (κ2) is 4.70. The zero-order chi connectivity index (χ0) is 10.8. The molecule has 2 atom stereocenters. The Morgan fingerprint density at radius 1 is 1.40 bits per heavy atom. The molecule has 1 aliphatic rings. The van der Waals surface area contributed by atoms with Crippen LogP contribution in [0.2, 0.25) is 0 Å². The fourth-order valence-electron chi connectivity index (χ4n) is 2.10. The van der Waals surface area contributed by atoms with Crippen molar-refractivity contribution in [1.82, 2.24) is 4.90 Å². The topological polar surface area (TPSA) is 15.3 Å². The SMILES string of the molecule is CC1CC(Nc2ccccc2I)CN1C. The average molecular weight is 316 g/mol. The van der Waals surface area contributed by atoms with Crippen LogP contribution in [0.3, 0.4) is 0 Å². The van der Waals surface area contributed by atoms with Crippen molar-refractivity contribution in [3.8, 4) is 0 Å². The number of rotatable bonds is 2. The zero-order valence-corrected chi connectivity index (χ0v) is 11.4. The first-order chi connectivity index (χ1) is 7.16. The summed E-state index contributed by atoms with van der Waals surface area (Å²) in [7, 11) is 2.20. The van der Waals surface area contributed by atoms with Crippen LogP contribution in [0, 0.1) is 3.57 Å². The van der Waals surface area contributed by atoms with Crippen LogP contribution >= 0.6 is 22.6 Å². The maximum absolute atomic E-state index is 3.62. The molecule has 1 aromatic carbocycles. The second-order valence-electron chi connectivity index (χ2n) is 4.35. The first-order valence-corrected chi connectivity index (χ1v) is 6.46. The minimum Gasteiger partial charge on any atom is -0.380 e. The number of anilines is 1. The van der Waals surface area contributed by atoms with Crippen LogP contribution in [-0.2, 0) is 0 Å². The number of hydrogen-bond donors (Lipinski definition) is 1. The van der Waals surface area contributed by atoms with Crippen LogP contribution < -0.4 is 5.32 Å². The fraction of sp³-hybridized carbons (Fsp3) is 0.500. The Bertz CT molecular complexity index is 330. The highest BCUT2D eigenvalue weighted by molar-refractivity contribution is 14.1. The van der Waals surface area contributed by atoms with E-state index < -0.39 is 0 Å². The molecule has 2 rings (SSSR count). The van der Waals surface area contributed by atoms with E-state index in [1.807, 2.05) is 0 Å². The molecule has 2 unspecified atom stereocenters. The molecule has 3 heteroatoms. The monoisotopic (exact) mass is 316 g/mol. The highest BCUT2D eigenvalue weighted by Crippen LogP contribution is 2.22. The molecule has 0 aromatic heterocycles. The van der Waals surface area contributed by atoms with Gasteiger partial charge in [0.05, 0.1) is 0 Å². The highest BCUT2D eigenvalue weighted by atomic mass is 127. The number of halogens is 1. The Hall–Kier alpha value is -0.290. The Balaban J connectivity index is 2.01. The Morgan fingerprint density at radius 3 is 2.73 bits per heavy atom. The van der Waals surface area contributed by atoms with Gasteiger partial charge < -0.3 is 10.2 Å². The molecule has 0 spiro atoms. The summed E-state index contributed by atoms with van der Waals surface area (Å²) in [6.07, 6.45) is 1.24. The highest BCUT2D eigenvalue weighted by Gasteiger charge is 2.25. The van der Waals surface area contributed by atoms with Gasteiger partial charge in [0, 0.05) is 27.9 Å². The first kappa shape index (κ1) is 11.2. The van der Waals surface area contributed by atoms with Crippen LogP contribution in [0.5, 0.6) is 0 Å². The second-order valence-corrected chi connectivity index (χ2v) is 5.51. The number of para-hydroxylation sites is 1. The van der Waals surface area contributed by atoms with Crippen LogP contribution in [0.4, 0.5) is 5.69 Å². The number of nitrogens with zero attached hydrogens (tertiary/aromatic N) is 1. The van der Waals surface area contributed by atoms with Crippen molar-refractivity contribution in [2.24, 2.45) is 0 Å². The molecule has 1 fully saturated rings. The third-order valence-electron chi connectivity index (χ3n) is 3.12. The summed E-state index contributed by atoms with van der Waals surface area (Å²) < 4.78 is 1.30. The Morgan fingerprint density at radius 2 is 2.13 bits per heavy atom. The van der Waals surface area contributed by atoms with Gasteiger partial charge in [-0.05, 0) is 55.1 Å². The van der Waals surface area contributed by atoms with Crippen molar-refractivity contribution in [2.45, 2.75) is 25.4 Å². The van der Waals surface area contributed by atoms with Gasteiger partial charge >= 0.3 is 0 Å². The molecule has 1 aliphatic heterocycles. The predicted octanol–water partition coefficient (Wildman–Crippen LogP) is 2.80. The first-order valence-electron chi connectivity index (χ1n) is 5.38. The van der Waals surface area contributed by atoms with Crippen molar-refractivity contribution < 1.29 is 0 Å². The molecule has 2 nitrogen and oxygen atoms in total. The fourth-order valence-corrected chi connectivity index (χ4v) is 2.64. The van der Waals surface area contributed by atoms with Crippen molar-refractivity contribution in [1.29, 1.82) is 0 Å². The van der Waals surface area contributed by atoms with E-state index >= 15 is 0 Å². The third-order valence-corrected chi connectivity index (χ3v) is 4.06. The van der Waals surface area contributed by atoms with Crippen LogP contribution in [0.25, 0.3) is 0 Å². The van der Waals surface area contributed by atoms with Gasteiger partial charge in [0.25, 0.3) is 0 Å². The third kappa shape index (κ3) is 2.64. The molecule has 0 amide bonds. The zero-order valence-electron chi connectivity index (χ0n) is 9.20. The largest absolute Gasteiger partial charge is 0.380 e.